The Morgan fingerprint density at radius 1 is 1.07 bits per heavy atom. The lowest BCUT2D eigenvalue weighted by atomic mass is 10.2. The number of amides is 1. The van der Waals surface area contributed by atoms with Crippen LogP contribution in [0.3, 0.4) is 0 Å². The minimum Gasteiger partial charge on any atom is -0.632 e. The molecule has 0 aliphatic carbocycles. The van der Waals surface area contributed by atoms with E-state index in [0.29, 0.717) is 59.4 Å². The van der Waals surface area contributed by atoms with Crippen molar-refractivity contribution >= 4 is 28.6 Å². The van der Waals surface area contributed by atoms with E-state index in [0.717, 1.165) is 0 Å². The molecule has 0 spiro atoms. The van der Waals surface area contributed by atoms with E-state index in [-0.39, 0.29) is 24.3 Å². The van der Waals surface area contributed by atoms with Crippen LogP contribution < -0.4 is 21.1 Å². The highest BCUT2D eigenvalue weighted by atomic mass is 16.6. The van der Waals surface area contributed by atoms with E-state index in [4.69, 9.17) is 15.2 Å². The Morgan fingerprint density at radius 2 is 1.82 bits per heavy atom. The Hall–Kier alpha value is -5.30. The van der Waals surface area contributed by atoms with Crippen LogP contribution in [0.15, 0.2) is 102 Å². The first-order chi connectivity index (χ1) is 21.7. The summed E-state index contributed by atoms with van der Waals surface area (Å²) in [7, 11) is 3.23. The molecule has 6 rings (SSSR count). The number of rotatable bonds is 9. The highest BCUT2D eigenvalue weighted by Crippen LogP contribution is 2.27. The van der Waals surface area contributed by atoms with Crippen molar-refractivity contribution in [2.75, 3.05) is 44.5 Å². The van der Waals surface area contributed by atoms with Gasteiger partial charge in [-0.2, -0.15) is 0 Å². The van der Waals surface area contributed by atoms with E-state index in [9.17, 15) is 14.8 Å². The number of carbonyl (C=O) groups is 1. The van der Waals surface area contributed by atoms with Crippen LogP contribution in [0.25, 0.3) is 22.5 Å². The average Bonchev–Trinajstić information content (AvgIpc) is 3.69. The minimum atomic E-state index is -0.496. The van der Waals surface area contributed by atoms with Crippen LogP contribution in [-0.2, 0) is 9.53 Å². The minimum absolute atomic E-state index is 0.141. The number of nitrogens with two attached hydrogens (primary N) is 1. The van der Waals surface area contributed by atoms with Gasteiger partial charge in [0.25, 0.3) is 5.91 Å². The Bertz CT molecular complexity index is 1910. The first-order valence-corrected chi connectivity index (χ1v) is 14.5. The van der Waals surface area contributed by atoms with Crippen molar-refractivity contribution in [3.63, 3.8) is 0 Å². The van der Waals surface area contributed by atoms with E-state index in [1.807, 2.05) is 30.3 Å². The topological polar surface area (TPSA) is 141 Å². The zero-order valence-corrected chi connectivity index (χ0v) is 24.9. The fourth-order valence-corrected chi connectivity index (χ4v) is 5.35. The lowest BCUT2D eigenvalue weighted by Crippen LogP contribution is -2.47. The van der Waals surface area contributed by atoms with Gasteiger partial charge >= 0.3 is 5.69 Å². The summed E-state index contributed by atoms with van der Waals surface area (Å²) in [6, 6.07) is 23.3. The maximum Gasteiger partial charge on any atom is 0.339 e. The summed E-state index contributed by atoms with van der Waals surface area (Å²) in [6.45, 7) is 1.16. The van der Waals surface area contributed by atoms with Crippen molar-refractivity contribution in [2.45, 2.75) is 12.5 Å². The van der Waals surface area contributed by atoms with Crippen molar-refractivity contribution in [3.8, 4) is 22.9 Å². The Balaban J connectivity index is 1.29. The van der Waals surface area contributed by atoms with Gasteiger partial charge in [0.2, 0.25) is 0 Å². The Morgan fingerprint density at radius 3 is 2.56 bits per heavy atom. The molecular formula is C33H33N7O5. The summed E-state index contributed by atoms with van der Waals surface area (Å²) in [4.78, 5) is 37.0. The summed E-state index contributed by atoms with van der Waals surface area (Å²) >= 11 is 0. The van der Waals surface area contributed by atoms with E-state index in [2.05, 4.69) is 9.97 Å². The number of carbonyl (C=O) groups excluding carboxylic acids is 1. The van der Waals surface area contributed by atoms with Gasteiger partial charge in [0.05, 0.1) is 38.2 Å². The second-order valence-corrected chi connectivity index (χ2v) is 11.0. The first-order valence-electron chi connectivity index (χ1n) is 14.5. The van der Waals surface area contributed by atoms with E-state index in [1.54, 1.807) is 68.7 Å². The van der Waals surface area contributed by atoms with Crippen molar-refractivity contribution < 1.29 is 18.9 Å². The Kier molecular flexibility index (Phi) is 8.18. The van der Waals surface area contributed by atoms with E-state index < -0.39 is 10.3 Å². The molecule has 3 heterocycles. The van der Waals surface area contributed by atoms with Crippen molar-refractivity contribution in [1.82, 2.24) is 19.1 Å². The first kappa shape index (κ1) is 29.8. The zero-order chi connectivity index (χ0) is 31.6. The van der Waals surface area contributed by atoms with Gasteiger partial charge < -0.3 is 30.0 Å². The van der Waals surface area contributed by atoms with Crippen LogP contribution in [0.4, 0.5) is 11.5 Å². The number of hydrogen-bond donors (Lipinski definition) is 1. The van der Waals surface area contributed by atoms with Crippen molar-refractivity contribution in [1.29, 1.82) is 0 Å². The molecule has 0 saturated carbocycles. The number of benzene rings is 3. The second kappa shape index (κ2) is 12.4. The molecule has 2 atom stereocenters. The van der Waals surface area contributed by atoms with Gasteiger partial charge in [-0.3, -0.25) is 9.36 Å². The number of nitrogens with zero attached hydrogens (tertiary/aromatic N) is 6. The maximum absolute atomic E-state index is 14.0. The molecule has 1 amide bonds. The monoisotopic (exact) mass is 607 g/mol. The summed E-state index contributed by atoms with van der Waals surface area (Å²) in [6.07, 6.45) is 5.00. The molecule has 1 aliphatic heterocycles. The number of hydroxylamine groups is 3. The van der Waals surface area contributed by atoms with Gasteiger partial charge in [0.1, 0.15) is 29.4 Å². The number of fused-ring (bicyclic) bond motifs is 1. The van der Waals surface area contributed by atoms with E-state index in [1.165, 1.54) is 26.4 Å². The van der Waals surface area contributed by atoms with Crippen LogP contribution in [0.1, 0.15) is 6.42 Å². The molecule has 0 radical (unpaired) electrons. The van der Waals surface area contributed by atoms with Gasteiger partial charge in [-0.15, -0.1) is 0 Å². The van der Waals surface area contributed by atoms with Crippen LogP contribution >= 0.6 is 0 Å². The SMILES string of the molecule is CN(C(=O)C=CC[N+](C)([O-])[C@@H]1CCOC1)c1cccc(-n2c(=O)n(-c3ccc(Oc4ccccc4)cc3)c3c(N)ncnc32)c1. The van der Waals surface area contributed by atoms with Crippen LogP contribution in [0.2, 0.25) is 0 Å². The van der Waals surface area contributed by atoms with Crippen LogP contribution in [-0.4, -0.2) is 69.6 Å². The van der Waals surface area contributed by atoms with Gasteiger partial charge in [0.15, 0.2) is 11.5 Å². The fraction of sp³-hybridized carbons (Fsp3) is 0.212. The molecule has 3 aromatic carbocycles. The highest BCUT2D eigenvalue weighted by Gasteiger charge is 2.28. The molecular weight excluding hydrogens is 574 g/mol. The third-order valence-electron chi connectivity index (χ3n) is 7.94. The molecule has 45 heavy (non-hydrogen) atoms. The molecule has 1 fully saturated rings. The molecule has 12 nitrogen and oxygen atoms in total. The predicted molar refractivity (Wildman–Crippen MR) is 172 cm³/mol. The third kappa shape index (κ3) is 6.07. The highest BCUT2D eigenvalue weighted by molar-refractivity contribution is 6.01. The lowest BCUT2D eigenvalue weighted by Gasteiger charge is -2.42. The number of aromatic nitrogens is 4. The number of ether oxygens (including phenoxy) is 2. The maximum atomic E-state index is 14.0. The molecule has 1 saturated heterocycles. The number of likely N-dealkylation sites (N-methyl/N-ethyl adjacent to an activating group) is 2. The number of anilines is 2. The summed E-state index contributed by atoms with van der Waals surface area (Å²) in [5.74, 6) is 1.13. The van der Waals surface area contributed by atoms with Crippen LogP contribution in [0.5, 0.6) is 11.5 Å². The number of para-hydroxylation sites is 1. The molecule has 1 unspecified atom stereocenters. The summed E-state index contributed by atoms with van der Waals surface area (Å²) < 4.78 is 13.6. The van der Waals surface area contributed by atoms with Gasteiger partial charge in [-0.25, -0.2) is 19.3 Å². The zero-order valence-electron chi connectivity index (χ0n) is 24.9. The lowest BCUT2D eigenvalue weighted by molar-refractivity contribution is -0.879. The van der Waals surface area contributed by atoms with Crippen molar-refractivity contribution in [3.05, 3.63) is 113 Å². The number of hydrogen-bond acceptors (Lipinski definition) is 8. The fourth-order valence-electron chi connectivity index (χ4n) is 5.35. The molecule has 1 aliphatic rings. The van der Waals surface area contributed by atoms with Crippen molar-refractivity contribution in [2.24, 2.45) is 0 Å². The smallest absolute Gasteiger partial charge is 0.339 e. The molecule has 2 aromatic heterocycles. The summed E-state index contributed by atoms with van der Waals surface area (Å²) in [5, 5.41) is 12.9. The van der Waals surface area contributed by atoms with E-state index >= 15 is 0 Å². The molecule has 5 aromatic rings. The number of imidazole rings is 1. The number of quaternary nitrogens is 1. The van der Waals surface area contributed by atoms with Crippen LogP contribution in [0, 0.1) is 5.21 Å². The largest absolute Gasteiger partial charge is 0.632 e. The second-order valence-electron chi connectivity index (χ2n) is 11.0. The standard InChI is InChI=1S/C33H33N7O5/c1-37(29(41)12-7-18-40(2,43)26-17-19-44-21-26)24-8-6-9-25(20-24)39-32-30(31(34)35-22-36-32)38(33(39)42)23-13-15-28(16-14-23)45-27-10-4-3-5-11-27/h3-16,20,22,26H,17-19,21H2,1-2H3,(H2,34,35,36)/t26-,40?/m1/s1. The molecule has 0 bridgehead atoms. The molecule has 230 valence electrons. The number of nitrogen functional groups attached to an aromatic ring is 1. The quantitative estimate of drug-likeness (QED) is 0.149. The van der Waals surface area contributed by atoms with Gasteiger partial charge in [0, 0.05) is 25.2 Å². The summed E-state index contributed by atoms with van der Waals surface area (Å²) in [5.41, 5.74) is 8.11. The van der Waals surface area contributed by atoms with Gasteiger partial charge in [-0.05, 0) is 60.7 Å². The average molecular weight is 608 g/mol. The molecule has 12 heteroatoms. The third-order valence-corrected chi connectivity index (χ3v) is 7.94. The Labute approximate surface area is 259 Å². The van der Waals surface area contributed by atoms with Gasteiger partial charge in [-0.1, -0.05) is 24.3 Å². The normalized spacial score (nSPS) is 16.2. The molecule has 2 N–H and O–H groups in total. The predicted octanol–water partition coefficient (Wildman–Crippen LogP) is 4.20.